The van der Waals surface area contributed by atoms with Crippen molar-refractivity contribution in [3.8, 4) is 0 Å². The lowest BCUT2D eigenvalue weighted by Gasteiger charge is -2.14. The fraction of sp³-hybridized carbons (Fsp3) is 0.333. The molecule has 0 spiro atoms. The minimum atomic E-state index is 0.332. The molecule has 5 nitrogen and oxygen atoms in total. The summed E-state index contributed by atoms with van der Waals surface area (Å²) in [5, 5.41) is 0. The Morgan fingerprint density at radius 2 is 2.14 bits per heavy atom. The Hall–Kier alpha value is -3.08. The number of nitrogens with zero attached hydrogens (tertiary/aromatic N) is 5. The quantitative estimate of drug-likeness (QED) is 0.567. The number of fused-ring (bicyclic) bond motifs is 2. The molecular weight excluding hydrogens is 358 g/mol. The van der Waals surface area contributed by atoms with Crippen molar-refractivity contribution in [3.05, 3.63) is 64.9 Å². The third-order valence-corrected chi connectivity index (χ3v) is 5.38. The van der Waals surface area contributed by atoms with Crippen molar-refractivity contribution in [1.29, 1.82) is 0 Å². The molecule has 4 rings (SSSR count). The fourth-order valence-electron chi connectivity index (χ4n) is 4.14. The monoisotopic (exact) mass is 385 g/mol. The summed E-state index contributed by atoms with van der Waals surface area (Å²) < 4.78 is 2.25. The van der Waals surface area contributed by atoms with E-state index in [1.54, 1.807) is 0 Å². The van der Waals surface area contributed by atoms with Gasteiger partial charge in [0.2, 0.25) is 0 Å². The Labute approximate surface area is 172 Å². The molecule has 0 unspecified atom stereocenters. The number of rotatable bonds is 5. The van der Waals surface area contributed by atoms with Gasteiger partial charge >= 0.3 is 0 Å². The van der Waals surface area contributed by atoms with Crippen molar-refractivity contribution < 1.29 is 0 Å². The molecule has 0 amide bonds. The van der Waals surface area contributed by atoms with Gasteiger partial charge < -0.3 is 4.57 Å². The lowest BCUT2D eigenvalue weighted by Crippen LogP contribution is -2.03. The summed E-state index contributed by atoms with van der Waals surface area (Å²) >= 11 is 0. The second-order valence-electron chi connectivity index (χ2n) is 7.56. The second-order valence-corrected chi connectivity index (χ2v) is 7.56. The van der Waals surface area contributed by atoms with Gasteiger partial charge in [0, 0.05) is 48.7 Å². The zero-order chi connectivity index (χ0) is 20.5. The van der Waals surface area contributed by atoms with Crippen LogP contribution in [0, 0.1) is 6.92 Å². The maximum absolute atomic E-state index is 4.67. The van der Waals surface area contributed by atoms with Crippen molar-refractivity contribution in [2.75, 3.05) is 6.54 Å². The summed E-state index contributed by atoms with van der Waals surface area (Å²) in [5.41, 5.74) is 8.77. The van der Waals surface area contributed by atoms with E-state index in [2.05, 4.69) is 69.6 Å². The van der Waals surface area contributed by atoms with Crippen LogP contribution in [0.15, 0.2) is 41.7 Å². The van der Waals surface area contributed by atoms with Crippen LogP contribution in [-0.2, 0) is 6.42 Å². The molecule has 0 saturated heterocycles. The van der Waals surface area contributed by atoms with Crippen LogP contribution in [0.1, 0.15) is 61.9 Å². The molecule has 0 N–H and O–H groups in total. The van der Waals surface area contributed by atoms with E-state index in [0.717, 1.165) is 46.8 Å². The molecule has 29 heavy (non-hydrogen) atoms. The van der Waals surface area contributed by atoms with Gasteiger partial charge in [0.25, 0.3) is 0 Å². The third kappa shape index (κ3) is 3.31. The summed E-state index contributed by atoms with van der Waals surface area (Å²) in [6.45, 7) is 11.3. The number of aryl methyl sites for hydroxylation is 1. The van der Waals surface area contributed by atoms with Crippen LogP contribution >= 0.6 is 0 Å². The number of pyridine rings is 2. The van der Waals surface area contributed by atoms with E-state index in [0.29, 0.717) is 6.04 Å². The number of hydrogen-bond acceptors (Lipinski definition) is 4. The van der Waals surface area contributed by atoms with Crippen LogP contribution in [0.25, 0.3) is 22.3 Å². The van der Waals surface area contributed by atoms with Gasteiger partial charge in [0.15, 0.2) is 5.65 Å². The minimum absolute atomic E-state index is 0.332. The van der Waals surface area contributed by atoms with E-state index in [9.17, 15) is 0 Å². The molecule has 5 heteroatoms. The second kappa shape index (κ2) is 7.74. The van der Waals surface area contributed by atoms with Crippen LogP contribution in [0.3, 0.4) is 0 Å². The first-order valence-corrected chi connectivity index (χ1v) is 10.2. The minimum Gasteiger partial charge on any atom is -0.324 e. The normalized spacial score (nSPS) is 14.3. The SMILES string of the molecule is C/C=C(\C=NCC)c1ccnc2c1C(c1cnc3nc(C)n(C(C)C)c3c1)=CC2. The number of aliphatic imine (C=N–C) groups is 1. The van der Waals surface area contributed by atoms with Crippen molar-refractivity contribution in [1.82, 2.24) is 19.5 Å². The number of allylic oxidation sites excluding steroid dienone is 3. The van der Waals surface area contributed by atoms with E-state index < -0.39 is 0 Å². The number of imidazole rings is 1. The Bertz CT molecular complexity index is 1160. The molecule has 0 radical (unpaired) electrons. The molecule has 0 aliphatic heterocycles. The largest absolute Gasteiger partial charge is 0.324 e. The van der Waals surface area contributed by atoms with Gasteiger partial charge in [-0.1, -0.05) is 12.2 Å². The first-order chi connectivity index (χ1) is 14.0. The van der Waals surface area contributed by atoms with Crippen molar-refractivity contribution in [3.63, 3.8) is 0 Å². The van der Waals surface area contributed by atoms with Gasteiger partial charge in [-0.15, -0.1) is 0 Å². The van der Waals surface area contributed by atoms with E-state index >= 15 is 0 Å². The number of aromatic nitrogens is 4. The molecule has 0 aromatic carbocycles. The Kier molecular flexibility index (Phi) is 5.14. The maximum Gasteiger partial charge on any atom is 0.177 e. The van der Waals surface area contributed by atoms with Crippen LogP contribution < -0.4 is 0 Å². The van der Waals surface area contributed by atoms with Crippen molar-refractivity contribution in [2.24, 2.45) is 4.99 Å². The van der Waals surface area contributed by atoms with Crippen LogP contribution in [0.2, 0.25) is 0 Å². The van der Waals surface area contributed by atoms with Crippen LogP contribution in [0.5, 0.6) is 0 Å². The first-order valence-electron chi connectivity index (χ1n) is 10.2. The lowest BCUT2D eigenvalue weighted by atomic mass is 9.93. The third-order valence-electron chi connectivity index (χ3n) is 5.38. The Morgan fingerprint density at radius 1 is 1.31 bits per heavy atom. The van der Waals surface area contributed by atoms with Crippen LogP contribution in [0.4, 0.5) is 0 Å². The van der Waals surface area contributed by atoms with Gasteiger partial charge in [0.05, 0.1) is 11.2 Å². The number of hydrogen-bond donors (Lipinski definition) is 0. The predicted molar refractivity (Wildman–Crippen MR) is 120 cm³/mol. The van der Waals surface area contributed by atoms with Gasteiger partial charge in [-0.3, -0.25) is 9.98 Å². The predicted octanol–water partition coefficient (Wildman–Crippen LogP) is 5.20. The highest BCUT2D eigenvalue weighted by atomic mass is 15.1. The molecule has 0 fully saturated rings. The maximum atomic E-state index is 4.67. The van der Waals surface area contributed by atoms with Gasteiger partial charge in [-0.2, -0.15) is 0 Å². The topological polar surface area (TPSA) is 56.0 Å². The molecule has 0 atom stereocenters. The molecular formula is C24H27N5. The summed E-state index contributed by atoms with van der Waals surface area (Å²) in [7, 11) is 0. The molecule has 0 saturated carbocycles. The average Bonchev–Trinajstić information content (AvgIpc) is 3.28. The Morgan fingerprint density at radius 3 is 2.86 bits per heavy atom. The summed E-state index contributed by atoms with van der Waals surface area (Å²) in [4.78, 5) is 18.4. The molecule has 1 aliphatic carbocycles. The fourth-order valence-corrected chi connectivity index (χ4v) is 4.14. The van der Waals surface area contributed by atoms with E-state index in [4.69, 9.17) is 0 Å². The summed E-state index contributed by atoms with van der Waals surface area (Å²) in [5.74, 6) is 0.995. The first kappa shape index (κ1) is 19.2. The standard InChI is InChI=1S/C24H27N5/c1-6-17(13-25-7-2)20-10-11-26-21-9-8-19(23(20)21)18-12-22-24(27-14-18)28-16(5)29(22)15(3)4/h6,8,10-15H,7,9H2,1-5H3/b17-6+,25-13?. The zero-order valence-corrected chi connectivity index (χ0v) is 17.8. The van der Waals surface area contributed by atoms with Crippen molar-refractivity contribution >= 4 is 28.5 Å². The van der Waals surface area contributed by atoms with E-state index in [-0.39, 0.29) is 0 Å². The van der Waals surface area contributed by atoms with E-state index in [1.165, 1.54) is 16.7 Å². The highest BCUT2D eigenvalue weighted by Gasteiger charge is 2.23. The molecule has 3 aromatic heterocycles. The highest BCUT2D eigenvalue weighted by Crippen LogP contribution is 2.37. The van der Waals surface area contributed by atoms with Gasteiger partial charge in [-0.05, 0) is 63.5 Å². The molecule has 3 heterocycles. The van der Waals surface area contributed by atoms with Crippen molar-refractivity contribution in [2.45, 2.75) is 47.1 Å². The molecule has 0 bridgehead atoms. The Balaban J connectivity index is 1.87. The summed E-state index contributed by atoms with van der Waals surface area (Å²) in [6, 6.07) is 4.64. The van der Waals surface area contributed by atoms with Gasteiger partial charge in [-0.25, -0.2) is 9.97 Å². The van der Waals surface area contributed by atoms with Gasteiger partial charge in [0.1, 0.15) is 5.82 Å². The smallest absolute Gasteiger partial charge is 0.177 e. The average molecular weight is 386 g/mol. The zero-order valence-electron chi connectivity index (χ0n) is 17.8. The lowest BCUT2D eigenvalue weighted by molar-refractivity contribution is 0.600. The van der Waals surface area contributed by atoms with E-state index in [1.807, 2.05) is 32.5 Å². The molecule has 1 aliphatic rings. The molecule has 148 valence electrons. The summed E-state index contributed by atoms with van der Waals surface area (Å²) in [6.07, 6.45) is 11.0. The highest BCUT2D eigenvalue weighted by molar-refractivity contribution is 6.12. The van der Waals surface area contributed by atoms with Crippen LogP contribution in [-0.4, -0.2) is 32.3 Å². The molecule has 3 aromatic rings.